The van der Waals surface area contributed by atoms with Gasteiger partial charge in [0.2, 0.25) is 11.8 Å². The first-order valence-corrected chi connectivity index (χ1v) is 5.58. The predicted octanol–water partition coefficient (Wildman–Crippen LogP) is -0.143. The third-order valence-corrected chi connectivity index (χ3v) is 2.51. The van der Waals surface area contributed by atoms with E-state index in [9.17, 15) is 9.59 Å². The second-order valence-corrected chi connectivity index (χ2v) is 4.61. The second kappa shape index (κ2) is 6.48. The number of amides is 2. The number of rotatable bonds is 5. The van der Waals surface area contributed by atoms with E-state index in [1.165, 1.54) is 0 Å². The summed E-state index contributed by atoms with van der Waals surface area (Å²) in [5.74, 6) is -0.391. The van der Waals surface area contributed by atoms with Gasteiger partial charge in [0.15, 0.2) is 0 Å². The van der Waals surface area contributed by atoms with Gasteiger partial charge in [0.1, 0.15) is 6.04 Å². The summed E-state index contributed by atoms with van der Waals surface area (Å²) in [5, 5.41) is 5.20. The smallest absolute Gasteiger partial charge is 0.242 e. The highest BCUT2D eigenvalue weighted by molar-refractivity contribution is 5.89. The molecule has 0 spiro atoms. The monoisotopic (exact) mass is 229 g/mol. The first-order chi connectivity index (χ1) is 7.31. The maximum Gasteiger partial charge on any atom is 0.242 e. The van der Waals surface area contributed by atoms with Crippen LogP contribution in [-0.2, 0) is 9.59 Å². The molecule has 5 heteroatoms. The van der Waals surface area contributed by atoms with Gasteiger partial charge < -0.3 is 16.4 Å². The molecule has 0 aliphatic heterocycles. The predicted molar refractivity (Wildman–Crippen MR) is 63.6 cm³/mol. The topological polar surface area (TPSA) is 84.2 Å². The number of hydrogen-bond donors (Lipinski definition) is 3. The van der Waals surface area contributed by atoms with Crippen molar-refractivity contribution in [3.63, 3.8) is 0 Å². The van der Waals surface area contributed by atoms with Crippen LogP contribution in [0.5, 0.6) is 0 Å². The first kappa shape index (κ1) is 14.9. The van der Waals surface area contributed by atoms with Crippen LogP contribution in [0.25, 0.3) is 0 Å². The zero-order valence-corrected chi connectivity index (χ0v) is 10.7. The number of carbonyl (C=O) groups is 2. The molecule has 2 atom stereocenters. The molecular weight excluding hydrogens is 206 g/mol. The molecule has 4 N–H and O–H groups in total. The van der Waals surface area contributed by atoms with Crippen molar-refractivity contribution in [1.29, 1.82) is 0 Å². The van der Waals surface area contributed by atoms with Gasteiger partial charge in [-0.1, -0.05) is 27.7 Å². The normalized spacial score (nSPS) is 14.8. The zero-order valence-electron chi connectivity index (χ0n) is 10.7. The summed E-state index contributed by atoms with van der Waals surface area (Å²) >= 11 is 0. The molecule has 5 nitrogen and oxygen atoms in total. The maximum absolute atomic E-state index is 11.7. The van der Waals surface area contributed by atoms with E-state index >= 15 is 0 Å². The van der Waals surface area contributed by atoms with Crippen LogP contribution in [0.3, 0.4) is 0 Å². The third kappa shape index (κ3) is 4.18. The van der Waals surface area contributed by atoms with Crippen LogP contribution in [0.2, 0.25) is 0 Å². The van der Waals surface area contributed by atoms with E-state index in [1.54, 1.807) is 7.05 Å². The molecule has 0 saturated heterocycles. The Morgan fingerprint density at radius 3 is 1.81 bits per heavy atom. The van der Waals surface area contributed by atoms with Crippen molar-refractivity contribution >= 4 is 11.8 Å². The van der Waals surface area contributed by atoms with Crippen molar-refractivity contribution < 1.29 is 9.59 Å². The van der Waals surface area contributed by atoms with Gasteiger partial charge in [0.05, 0.1) is 6.04 Å². The zero-order chi connectivity index (χ0) is 12.9. The van der Waals surface area contributed by atoms with Crippen LogP contribution in [0.15, 0.2) is 0 Å². The summed E-state index contributed by atoms with van der Waals surface area (Å²) in [6.07, 6.45) is 0. The Morgan fingerprint density at radius 2 is 1.50 bits per heavy atom. The van der Waals surface area contributed by atoms with E-state index in [4.69, 9.17) is 5.73 Å². The van der Waals surface area contributed by atoms with Crippen LogP contribution < -0.4 is 16.4 Å². The minimum atomic E-state index is -0.578. The molecule has 0 aromatic heterocycles. The lowest BCUT2D eigenvalue weighted by Crippen LogP contribution is -2.54. The SMILES string of the molecule is CNC(=O)C(NC(=O)C(N)C(C)C)C(C)C. The number of nitrogens with one attached hydrogen (secondary N) is 2. The quantitative estimate of drug-likeness (QED) is 0.613. The molecule has 0 fully saturated rings. The van der Waals surface area contributed by atoms with Crippen molar-refractivity contribution in [2.75, 3.05) is 7.05 Å². The Labute approximate surface area is 97.2 Å². The molecular formula is C11H23N3O2. The van der Waals surface area contributed by atoms with Gasteiger partial charge in [-0.05, 0) is 11.8 Å². The Hall–Kier alpha value is -1.10. The Kier molecular flexibility index (Phi) is 6.03. The maximum atomic E-state index is 11.7. The van der Waals surface area contributed by atoms with E-state index in [-0.39, 0.29) is 23.7 Å². The number of carbonyl (C=O) groups excluding carboxylic acids is 2. The lowest BCUT2D eigenvalue weighted by atomic mass is 10.0. The van der Waals surface area contributed by atoms with Crippen LogP contribution >= 0.6 is 0 Å². The third-order valence-electron chi connectivity index (χ3n) is 2.51. The standard InChI is InChI=1S/C11H23N3O2/c1-6(2)8(12)10(15)14-9(7(3)4)11(16)13-5/h6-9H,12H2,1-5H3,(H,13,16)(H,14,15). The molecule has 2 unspecified atom stereocenters. The highest BCUT2D eigenvalue weighted by atomic mass is 16.2. The minimum absolute atomic E-state index is 0.0308. The molecule has 0 rings (SSSR count). The molecule has 0 saturated carbocycles. The fourth-order valence-electron chi connectivity index (χ4n) is 1.24. The van der Waals surface area contributed by atoms with Gasteiger partial charge >= 0.3 is 0 Å². The Morgan fingerprint density at radius 1 is 1.00 bits per heavy atom. The molecule has 0 aliphatic carbocycles. The van der Waals surface area contributed by atoms with Crippen LogP contribution in [0.1, 0.15) is 27.7 Å². The van der Waals surface area contributed by atoms with E-state index < -0.39 is 12.1 Å². The Balaban J connectivity index is 4.53. The van der Waals surface area contributed by atoms with Crippen LogP contribution in [0, 0.1) is 11.8 Å². The molecule has 16 heavy (non-hydrogen) atoms. The minimum Gasteiger partial charge on any atom is -0.357 e. The lowest BCUT2D eigenvalue weighted by molar-refractivity contribution is -0.130. The van der Waals surface area contributed by atoms with E-state index in [0.717, 1.165) is 0 Å². The van der Waals surface area contributed by atoms with Gasteiger partial charge in [-0.15, -0.1) is 0 Å². The number of nitrogens with two attached hydrogens (primary N) is 1. The molecule has 0 aromatic carbocycles. The average Bonchev–Trinajstić information content (AvgIpc) is 2.22. The Bertz CT molecular complexity index is 252. The number of hydrogen-bond acceptors (Lipinski definition) is 3. The van der Waals surface area contributed by atoms with Gasteiger partial charge in [0.25, 0.3) is 0 Å². The largest absolute Gasteiger partial charge is 0.357 e. The van der Waals surface area contributed by atoms with Crippen LogP contribution in [0.4, 0.5) is 0 Å². The van der Waals surface area contributed by atoms with Crippen molar-refractivity contribution in [2.24, 2.45) is 17.6 Å². The highest BCUT2D eigenvalue weighted by Gasteiger charge is 2.26. The van der Waals surface area contributed by atoms with E-state index in [0.29, 0.717) is 0 Å². The highest BCUT2D eigenvalue weighted by Crippen LogP contribution is 2.04. The molecule has 0 bridgehead atoms. The van der Waals surface area contributed by atoms with Crippen LogP contribution in [-0.4, -0.2) is 30.9 Å². The van der Waals surface area contributed by atoms with Crippen molar-refractivity contribution in [1.82, 2.24) is 10.6 Å². The molecule has 0 radical (unpaired) electrons. The summed E-state index contributed by atoms with van der Waals surface area (Å²) in [4.78, 5) is 23.2. The molecule has 0 aromatic rings. The first-order valence-electron chi connectivity index (χ1n) is 5.58. The van der Waals surface area contributed by atoms with E-state index in [2.05, 4.69) is 10.6 Å². The number of likely N-dealkylation sites (N-methyl/N-ethyl adjacent to an activating group) is 1. The summed E-state index contributed by atoms with van der Waals surface area (Å²) in [5.41, 5.74) is 5.71. The fourth-order valence-corrected chi connectivity index (χ4v) is 1.24. The van der Waals surface area contributed by atoms with Crippen molar-refractivity contribution in [3.8, 4) is 0 Å². The van der Waals surface area contributed by atoms with Gasteiger partial charge in [-0.3, -0.25) is 9.59 Å². The van der Waals surface area contributed by atoms with E-state index in [1.807, 2.05) is 27.7 Å². The second-order valence-electron chi connectivity index (χ2n) is 4.61. The lowest BCUT2D eigenvalue weighted by Gasteiger charge is -2.23. The van der Waals surface area contributed by atoms with Crippen molar-refractivity contribution in [2.45, 2.75) is 39.8 Å². The van der Waals surface area contributed by atoms with Gasteiger partial charge in [0, 0.05) is 7.05 Å². The van der Waals surface area contributed by atoms with Crippen molar-refractivity contribution in [3.05, 3.63) is 0 Å². The molecule has 0 heterocycles. The van der Waals surface area contributed by atoms with Gasteiger partial charge in [-0.2, -0.15) is 0 Å². The van der Waals surface area contributed by atoms with Gasteiger partial charge in [-0.25, -0.2) is 0 Å². The summed E-state index contributed by atoms with van der Waals surface area (Å²) < 4.78 is 0. The molecule has 0 aliphatic rings. The fraction of sp³-hybridized carbons (Fsp3) is 0.818. The summed E-state index contributed by atoms with van der Waals surface area (Å²) in [6, 6.07) is -1.10. The summed E-state index contributed by atoms with van der Waals surface area (Å²) in [6.45, 7) is 7.49. The molecule has 94 valence electrons. The molecule has 2 amide bonds. The average molecular weight is 229 g/mol. The summed E-state index contributed by atoms with van der Waals surface area (Å²) in [7, 11) is 1.55.